The Morgan fingerprint density at radius 2 is 2.04 bits per heavy atom. The standard InChI is InChI=1S/C19H17ClFNO/c1-23-16-10-9-14(20)17-11-6-4-7-12(11)18(22-19(16)17)13-5-2-3-8-15(13)21/h2-6,8-12,18,22H,7H2,1H3/t11-,12-,18+/m0/s1. The van der Waals surface area contributed by atoms with Crippen LogP contribution in [0.3, 0.4) is 0 Å². The molecular weight excluding hydrogens is 313 g/mol. The van der Waals surface area contributed by atoms with E-state index in [0.29, 0.717) is 5.56 Å². The van der Waals surface area contributed by atoms with Crippen LogP contribution in [-0.4, -0.2) is 7.11 Å². The van der Waals surface area contributed by atoms with Gasteiger partial charge in [0.05, 0.1) is 18.8 Å². The Hall–Kier alpha value is -2.00. The number of halogens is 2. The topological polar surface area (TPSA) is 21.3 Å². The smallest absolute Gasteiger partial charge is 0.142 e. The van der Waals surface area contributed by atoms with Gasteiger partial charge in [0, 0.05) is 22.1 Å². The molecule has 2 aromatic rings. The lowest BCUT2D eigenvalue weighted by Gasteiger charge is -2.38. The van der Waals surface area contributed by atoms with Crippen molar-refractivity contribution in [3.8, 4) is 5.75 Å². The predicted octanol–water partition coefficient (Wildman–Crippen LogP) is 5.31. The summed E-state index contributed by atoms with van der Waals surface area (Å²) in [6.07, 6.45) is 5.25. The van der Waals surface area contributed by atoms with Crippen LogP contribution in [0.5, 0.6) is 5.75 Å². The average Bonchev–Trinajstić information content (AvgIpc) is 3.04. The molecule has 2 aromatic carbocycles. The summed E-state index contributed by atoms with van der Waals surface area (Å²) in [7, 11) is 1.64. The molecule has 4 heteroatoms. The Morgan fingerprint density at radius 1 is 1.22 bits per heavy atom. The van der Waals surface area contributed by atoms with E-state index in [1.807, 2.05) is 24.3 Å². The Morgan fingerprint density at radius 3 is 2.83 bits per heavy atom. The molecule has 1 aliphatic heterocycles. The third-order valence-electron chi connectivity index (χ3n) is 4.89. The second-order valence-corrected chi connectivity index (χ2v) is 6.44. The summed E-state index contributed by atoms with van der Waals surface area (Å²) in [5.74, 6) is 0.993. The van der Waals surface area contributed by atoms with E-state index in [9.17, 15) is 4.39 Å². The number of benzene rings is 2. The molecule has 0 fully saturated rings. The minimum Gasteiger partial charge on any atom is -0.495 e. The van der Waals surface area contributed by atoms with Crippen molar-refractivity contribution in [3.05, 3.63) is 70.5 Å². The van der Waals surface area contributed by atoms with Gasteiger partial charge in [-0.1, -0.05) is 42.0 Å². The number of fused-ring (bicyclic) bond motifs is 3. The van der Waals surface area contributed by atoms with Crippen molar-refractivity contribution < 1.29 is 9.13 Å². The van der Waals surface area contributed by atoms with E-state index < -0.39 is 0 Å². The van der Waals surface area contributed by atoms with Crippen molar-refractivity contribution in [2.75, 3.05) is 12.4 Å². The monoisotopic (exact) mass is 329 g/mol. The zero-order valence-electron chi connectivity index (χ0n) is 12.7. The Balaban J connectivity index is 1.88. The van der Waals surface area contributed by atoms with Crippen LogP contribution in [0.4, 0.5) is 10.1 Å². The molecule has 2 aliphatic rings. The van der Waals surface area contributed by atoms with Crippen LogP contribution >= 0.6 is 11.6 Å². The molecule has 118 valence electrons. The van der Waals surface area contributed by atoms with Crippen LogP contribution in [0, 0.1) is 11.7 Å². The first-order valence-electron chi connectivity index (χ1n) is 7.74. The van der Waals surface area contributed by atoms with E-state index in [4.69, 9.17) is 16.3 Å². The maximum atomic E-state index is 14.4. The van der Waals surface area contributed by atoms with Gasteiger partial charge in [-0.05, 0) is 30.5 Å². The summed E-state index contributed by atoms with van der Waals surface area (Å²) in [6.45, 7) is 0. The molecule has 3 atom stereocenters. The maximum absolute atomic E-state index is 14.4. The molecule has 0 amide bonds. The molecule has 0 saturated carbocycles. The predicted molar refractivity (Wildman–Crippen MR) is 90.8 cm³/mol. The number of anilines is 1. The molecule has 0 saturated heterocycles. The van der Waals surface area contributed by atoms with Gasteiger partial charge in [-0.2, -0.15) is 0 Å². The van der Waals surface area contributed by atoms with Gasteiger partial charge < -0.3 is 10.1 Å². The van der Waals surface area contributed by atoms with E-state index in [0.717, 1.165) is 28.4 Å². The summed E-state index contributed by atoms with van der Waals surface area (Å²) in [4.78, 5) is 0. The van der Waals surface area contributed by atoms with Crippen molar-refractivity contribution in [1.82, 2.24) is 0 Å². The highest BCUT2D eigenvalue weighted by Gasteiger charge is 2.41. The molecular formula is C19H17ClFNO. The first-order valence-corrected chi connectivity index (χ1v) is 8.12. The van der Waals surface area contributed by atoms with Crippen LogP contribution < -0.4 is 10.1 Å². The van der Waals surface area contributed by atoms with Crippen LogP contribution in [0.2, 0.25) is 5.02 Å². The number of hydrogen-bond donors (Lipinski definition) is 1. The van der Waals surface area contributed by atoms with Crippen molar-refractivity contribution in [2.24, 2.45) is 5.92 Å². The van der Waals surface area contributed by atoms with E-state index in [1.165, 1.54) is 6.07 Å². The van der Waals surface area contributed by atoms with Crippen LogP contribution in [0.15, 0.2) is 48.6 Å². The van der Waals surface area contributed by atoms with Crippen molar-refractivity contribution in [2.45, 2.75) is 18.4 Å². The highest BCUT2D eigenvalue weighted by atomic mass is 35.5. The summed E-state index contributed by atoms with van der Waals surface area (Å²) in [6, 6.07) is 10.6. The summed E-state index contributed by atoms with van der Waals surface area (Å²) < 4.78 is 19.8. The minimum atomic E-state index is -0.180. The fraction of sp³-hybridized carbons (Fsp3) is 0.263. The second-order valence-electron chi connectivity index (χ2n) is 6.04. The van der Waals surface area contributed by atoms with Gasteiger partial charge in [0.25, 0.3) is 0 Å². The molecule has 0 aromatic heterocycles. The molecule has 0 bridgehead atoms. The fourth-order valence-corrected chi connectivity index (χ4v) is 4.13. The molecule has 1 heterocycles. The third kappa shape index (κ3) is 2.22. The quantitative estimate of drug-likeness (QED) is 0.753. The Bertz CT molecular complexity index is 789. The lowest BCUT2D eigenvalue weighted by atomic mass is 9.76. The fourth-order valence-electron chi connectivity index (χ4n) is 3.84. The van der Waals surface area contributed by atoms with Gasteiger partial charge in [-0.15, -0.1) is 0 Å². The number of hydrogen-bond acceptors (Lipinski definition) is 2. The number of nitrogens with one attached hydrogen (secondary N) is 1. The van der Waals surface area contributed by atoms with E-state index in [2.05, 4.69) is 17.5 Å². The normalized spacial score (nSPS) is 24.7. The molecule has 0 radical (unpaired) electrons. The Labute approximate surface area is 139 Å². The van der Waals surface area contributed by atoms with Gasteiger partial charge in [0.1, 0.15) is 11.6 Å². The van der Waals surface area contributed by atoms with Crippen molar-refractivity contribution in [3.63, 3.8) is 0 Å². The molecule has 4 rings (SSSR count). The highest BCUT2D eigenvalue weighted by Crippen LogP contribution is 2.54. The van der Waals surface area contributed by atoms with E-state index in [1.54, 1.807) is 13.2 Å². The van der Waals surface area contributed by atoms with Gasteiger partial charge in [-0.3, -0.25) is 0 Å². The van der Waals surface area contributed by atoms with Crippen LogP contribution in [0.25, 0.3) is 0 Å². The summed E-state index contributed by atoms with van der Waals surface area (Å²) in [5, 5.41) is 4.22. The lowest BCUT2D eigenvalue weighted by molar-refractivity contribution is 0.392. The minimum absolute atomic E-state index is 0.101. The van der Waals surface area contributed by atoms with Gasteiger partial charge in [0.2, 0.25) is 0 Å². The first-order chi connectivity index (χ1) is 11.2. The maximum Gasteiger partial charge on any atom is 0.142 e. The van der Waals surface area contributed by atoms with Gasteiger partial charge in [0.15, 0.2) is 0 Å². The number of allylic oxidation sites excluding steroid dienone is 2. The average molecular weight is 330 g/mol. The summed E-state index contributed by atoms with van der Waals surface area (Å²) >= 11 is 6.46. The third-order valence-corrected chi connectivity index (χ3v) is 5.22. The molecule has 0 spiro atoms. The van der Waals surface area contributed by atoms with E-state index >= 15 is 0 Å². The SMILES string of the molecule is COc1ccc(Cl)c2c1N[C@@H](c1ccccc1F)[C@H]1CC=C[C@H]21. The molecule has 23 heavy (non-hydrogen) atoms. The number of methoxy groups -OCH3 is 1. The zero-order valence-corrected chi connectivity index (χ0v) is 13.5. The molecule has 1 N–H and O–H groups in total. The first kappa shape index (κ1) is 14.6. The van der Waals surface area contributed by atoms with Crippen molar-refractivity contribution >= 4 is 17.3 Å². The molecule has 0 unspecified atom stereocenters. The lowest BCUT2D eigenvalue weighted by Crippen LogP contribution is -2.30. The molecule has 2 nitrogen and oxygen atoms in total. The van der Waals surface area contributed by atoms with E-state index in [-0.39, 0.29) is 23.7 Å². The second kappa shape index (κ2) is 5.57. The number of rotatable bonds is 2. The zero-order chi connectivity index (χ0) is 16.0. The largest absolute Gasteiger partial charge is 0.495 e. The van der Waals surface area contributed by atoms with Gasteiger partial charge >= 0.3 is 0 Å². The van der Waals surface area contributed by atoms with Gasteiger partial charge in [-0.25, -0.2) is 4.39 Å². The molecule has 1 aliphatic carbocycles. The van der Waals surface area contributed by atoms with Crippen molar-refractivity contribution in [1.29, 1.82) is 0 Å². The summed E-state index contributed by atoms with van der Waals surface area (Å²) in [5.41, 5.74) is 2.62. The Kier molecular flexibility index (Phi) is 3.53. The number of ether oxygens (including phenoxy) is 1. The highest BCUT2D eigenvalue weighted by molar-refractivity contribution is 6.32. The van der Waals surface area contributed by atoms with Crippen LogP contribution in [-0.2, 0) is 0 Å². The van der Waals surface area contributed by atoms with Crippen LogP contribution in [0.1, 0.15) is 29.5 Å².